The third-order valence-corrected chi connectivity index (χ3v) is 3.61. The molecule has 1 amide bonds. The molecule has 0 saturated carbocycles. The molecule has 6 heteroatoms. The van der Waals surface area contributed by atoms with E-state index in [0.29, 0.717) is 17.7 Å². The zero-order valence-corrected chi connectivity index (χ0v) is 11.6. The van der Waals surface area contributed by atoms with Gasteiger partial charge in [-0.05, 0) is 44.9 Å². The van der Waals surface area contributed by atoms with E-state index in [1.165, 1.54) is 0 Å². The van der Waals surface area contributed by atoms with Crippen LogP contribution in [0.5, 0.6) is 0 Å². The molecule has 1 unspecified atom stereocenters. The number of fused-ring (bicyclic) bond motifs is 1. The summed E-state index contributed by atoms with van der Waals surface area (Å²) < 4.78 is 5.66. The van der Waals surface area contributed by atoms with Crippen molar-refractivity contribution in [3.63, 3.8) is 0 Å². The van der Waals surface area contributed by atoms with Crippen molar-refractivity contribution in [2.45, 2.75) is 38.3 Å². The largest absolute Gasteiger partial charge is 0.375 e. The maximum absolute atomic E-state index is 12.3. The Balaban J connectivity index is 1.72. The maximum atomic E-state index is 12.3. The molecule has 1 aliphatic heterocycles. The van der Waals surface area contributed by atoms with Crippen LogP contribution in [0.4, 0.5) is 0 Å². The summed E-state index contributed by atoms with van der Waals surface area (Å²) in [5.74, 6) is -0.0717. The molecule has 1 aromatic carbocycles. The van der Waals surface area contributed by atoms with Crippen LogP contribution in [0.2, 0.25) is 0 Å². The Labute approximate surface area is 116 Å². The smallest absolute Gasteiger partial charge is 0.251 e. The molecule has 20 heavy (non-hydrogen) atoms. The molecule has 0 radical (unpaired) electrons. The summed E-state index contributed by atoms with van der Waals surface area (Å²) in [7, 11) is 0. The minimum absolute atomic E-state index is 0.0717. The predicted molar refractivity (Wildman–Crippen MR) is 74.4 cm³/mol. The van der Waals surface area contributed by atoms with E-state index in [0.717, 1.165) is 18.4 Å². The van der Waals surface area contributed by atoms with E-state index in [1.807, 2.05) is 13.8 Å². The third-order valence-electron chi connectivity index (χ3n) is 3.61. The van der Waals surface area contributed by atoms with Crippen LogP contribution in [-0.4, -0.2) is 39.6 Å². The van der Waals surface area contributed by atoms with Crippen LogP contribution in [0, 0.1) is 0 Å². The lowest BCUT2D eigenvalue weighted by atomic mass is 9.94. The highest BCUT2D eigenvalue weighted by atomic mass is 16.5. The van der Waals surface area contributed by atoms with Crippen molar-refractivity contribution in [3.8, 4) is 0 Å². The lowest BCUT2D eigenvalue weighted by molar-refractivity contribution is -0.0615. The first-order chi connectivity index (χ1) is 9.53. The fourth-order valence-corrected chi connectivity index (χ4v) is 2.61. The SMILES string of the molecule is CC1(C)CC(NC(=O)c2ccc3n[nH]nc3c2)CCO1. The summed E-state index contributed by atoms with van der Waals surface area (Å²) in [4.78, 5) is 12.3. The van der Waals surface area contributed by atoms with E-state index in [2.05, 4.69) is 20.7 Å². The fraction of sp³-hybridized carbons (Fsp3) is 0.500. The van der Waals surface area contributed by atoms with E-state index >= 15 is 0 Å². The van der Waals surface area contributed by atoms with Crippen LogP contribution >= 0.6 is 0 Å². The third kappa shape index (κ3) is 2.65. The van der Waals surface area contributed by atoms with Gasteiger partial charge in [-0.15, -0.1) is 0 Å². The molecule has 1 fully saturated rings. The first-order valence-corrected chi connectivity index (χ1v) is 6.79. The minimum atomic E-state index is -0.174. The Kier molecular flexibility index (Phi) is 3.17. The number of aromatic amines is 1. The van der Waals surface area contributed by atoms with Gasteiger partial charge in [0, 0.05) is 18.2 Å². The zero-order valence-electron chi connectivity index (χ0n) is 11.6. The number of aromatic nitrogens is 3. The Bertz CT molecular complexity index is 635. The highest BCUT2D eigenvalue weighted by molar-refractivity contribution is 5.97. The topological polar surface area (TPSA) is 79.9 Å². The normalized spacial score (nSPS) is 21.8. The molecule has 0 aliphatic carbocycles. The molecule has 1 aliphatic rings. The molecule has 1 atom stereocenters. The highest BCUT2D eigenvalue weighted by Crippen LogP contribution is 2.24. The Hall–Kier alpha value is -1.95. The van der Waals surface area contributed by atoms with Gasteiger partial charge in [-0.1, -0.05) is 0 Å². The van der Waals surface area contributed by atoms with Crippen molar-refractivity contribution in [1.29, 1.82) is 0 Å². The number of nitrogens with zero attached hydrogens (tertiary/aromatic N) is 2. The average Bonchev–Trinajstić information content (AvgIpc) is 2.84. The van der Waals surface area contributed by atoms with Gasteiger partial charge in [0.05, 0.1) is 5.60 Å². The van der Waals surface area contributed by atoms with Crippen molar-refractivity contribution in [2.24, 2.45) is 0 Å². The fourth-order valence-electron chi connectivity index (χ4n) is 2.61. The van der Waals surface area contributed by atoms with Crippen molar-refractivity contribution >= 4 is 16.9 Å². The number of amides is 1. The molecule has 0 bridgehead atoms. The van der Waals surface area contributed by atoms with Crippen LogP contribution in [0.15, 0.2) is 18.2 Å². The monoisotopic (exact) mass is 274 g/mol. The van der Waals surface area contributed by atoms with Gasteiger partial charge >= 0.3 is 0 Å². The molecular weight excluding hydrogens is 256 g/mol. The maximum Gasteiger partial charge on any atom is 0.251 e. The number of hydrogen-bond acceptors (Lipinski definition) is 4. The van der Waals surface area contributed by atoms with Gasteiger partial charge in [-0.3, -0.25) is 4.79 Å². The first kappa shape index (κ1) is 13.1. The number of nitrogens with one attached hydrogen (secondary N) is 2. The van der Waals surface area contributed by atoms with Gasteiger partial charge in [-0.25, -0.2) is 0 Å². The van der Waals surface area contributed by atoms with Gasteiger partial charge in [0.2, 0.25) is 0 Å². The molecule has 6 nitrogen and oxygen atoms in total. The molecule has 3 rings (SSSR count). The minimum Gasteiger partial charge on any atom is -0.375 e. The Morgan fingerprint density at radius 1 is 1.40 bits per heavy atom. The number of carbonyl (C=O) groups is 1. The van der Waals surface area contributed by atoms with E-state index in [9.17, 15) is 4.79 Å². The molecule has 0 spiro atoms. The first-order valence-electron chi connectivity index (χ1n) is 6.79. The lowest BCUT2D eigenvalue weighted by Gasteiger charge is -2.35. The molecular formula is C14H18N4O2. The van der Waals surface area contributed by atoms with Crippen molar-refractivity contribution in [2.75, 3.05) is 6.61 Å². The van der Waals surface area contributed by atoms with Gasteiger partial charge in [0.25, 0.3) is 5.91 Å². The van der Waals surface area contributed by atoms with Gasteiger partial charge in [0.1, 0.15) is 11.0 Å². The van der Waals surface area contributed by atoms with Crippen LogP contribution in [0.25, 0.3) is 11.0 Å². The van der Waals surface area contributed by atoms with Crippen molar-refractivity contribution in [3.05, 3.63) is 23.8 Å². The number of rotatable bonds is 2. The van der Waals surface area contributed by atoms with Gasteiger partial charge in [0.15, 0.2) is 0 Å². The quantitative estimate of drug-likeness (QED) is 0.872. The average molecular weight is 274 g/mol. The number of H-pyrrole nitrogens is 1. The molecule has 1 saturated heterocycles. The van der Waals surface area contributed by atoms with Gasteiger partial charge in [-0.2, -0.15) is 15.4 Å². The molecule has 2 aromatic rings. The standard InChI is InChI=1S/C14H18N4O2/c1-14(2)8-10(5-6-20-14)15-13(19)9-3-4-11-12(7-9)17-18-16-11/h3-4,7,10H,5-6,8H2,1-2H3,(H,15,19)(H,16,17,18). The number of hydrogen-bond donors (Lipinski definition) is 2. The number of ether oxygens (including phenoxy) is 1. The summed E-state index contributed by atoms with van der Waals surface area (Å²) in [5.41, 5.74) is 1.89. The molecule has 106 valence electrons. The summed E-state index contributed by atoms with van der Waals surface area (Å²) in [6, 6.07) is 5.46. The molecule has 2 heterocycles. The summed E-state index contributed by atoms with van der Waals surface area (Å²) in [6.45, 7) is 4.78. The molecule has 2 N–H and O–H groups in total. The highest BCUT2D eigenvalue weighted by Gasteiger charge is 2.29. The van der Waals surface area contributed by atoms with Crippen LogP contribution in [0.1, 0.15) is 37.0 Å². The van der Waals surface area contributed by atoms with Crippen LogP contribution < -0.4 is 5.32 Å². The zero-order chi connectivity index (χ0) is 14.2. The second-order valence-electron chi connectivity index (χ2n) is 5.80. The Morgan fingerprint density at radius 3 is 3.00 bits per heavy atom. The second-order valence-corrected chi connectivity index (χ2v) is 5.80. The molecule has 1 aromatic heterocycles. The van der Waals surface area contributed by atoms with E-state index < -0.39 is 0 Å². The van der Waals surface area contributed by atoms with E-state index in [4.69, 9.17) is 4.74 Å². The van der Waals surface area contributed by atoms with E-state index in [1.54, 1.807) is 18.2 Å². The van der Waals surface area contributed by atoms with E-state index in [-0.39, 0.29) is 17.6 Å². The summed E-state index contributed by atoms with van der Waals surface area (Å²) >= 11 is 0. The lowest BCUT2D eigenvalue weighted by Crippen LogP contribution is -2.45. The predicted octanol–water partition coefficient (Wildman–Crippen LogP) is 1.65. The van der Waals surface area contributed by atoms with Crippen molar-refractivity contribution < 1.29 is 9.53 Å². The number of carbonyl (C=O) groups excluding carboxylic acids is 1. The second kappa shape index (κ2) is 4.86. The van der Waals surface area contributed by atoms with Crippen molar-refractivity contribution in [1.82, 2.24) is 20.7 Å². The van der Waals surface area contributed by atoms with Crippen LogP contribution in [0.3, 0.4) is 0 Å². The Morgan fingerprint density at radius 2 is 2.20 bits per heavy atom. The van der Waals surface area contributed by atoms with Gasteiger partial charge < -0.3 is 10.1 Å². The summed E-state index contributed by atoms with van der Waals surface area (Å²) in [5, 5.41) is 13.6. The number of benzene rings is 1. The van der Waals surface area contributed by atoms with Crippen LogP contribution in [-0.2, 0) is 4.74 Å². The summed E-state index contributed by atoms with van der Waals surface area (Å²) in [6.07, 6.45) is 1.67.